The topological polar surface area (TPSA) is 49.4 Å². The van der Waals surface area contributed by atoms with Gasteiger partial charge in [-0.25, -0.2) is 0 Å². The maximum absolute atomic E-state index is 12.3. The van der Waals surface area contributed by atoms with Crippen LogP contribution in [0.15, 0.2) is 0 Å². The molecule has 0 radical (unpaired) electrons. The van der Waals surface area contributed by atoms with Crippen molar-refractivity contribution < 1.29 is 22.8 Å². The zero-order chi connectivity index (χ0) is 15.7. The molecule has 0 bridgehead atoms. The van der Waals surface area contributed by atoms with Gasteiger partial charge in [-0.05, 0) is 18.8 Å². The summed E-state index contributed by atoms with van der Waals surface area (Å²) >= 11 is 0. The Bertz CT molecular complexity index is 388. The van der Waals surface area contributed by atoms with Crippen LogP contribution in [0.2, 0.25) is 0 Å². The number of carbonyl (C=O) groups is 2. The normalized spacial score (nSPS) is 24.9. The molecule has 2 amide bonds. The molecule has 7 heteroatoms. The van der Waals surface area contributed by atoms with Crippen LogP contribution in [0.5, 0.6) is 0 Å². The second kappa shape index (κ2) is 5.61. The Morgan fingerprint density at radius 3 is 2.20 bits per heavy atom. The maximum Gasteiger partial charge on any atom is 0.389 e. The Kier molecular flexibility index (Phi) is 4.71. The van der Waals surface area contributed by atoms with E-state index in [4.69, 9.17) is 0 Å². The monoisotopic (exact) mass is 294 g/mol. The summed E-state index contributed by atoms with van der Waals surface area (Å²) in [7, 11) is 0. The summed E-state index contributed by atoms with van der Waals surface area (Å²) in [5.74, 6) is -0.636. The van der Waals surface area contributed by atoms with Crippen molar-refractivity contribution in [2.24, 2.45) is 5.41 Å². The Morgan fingerprint density at radius 2 is 1.75 bits per heavy atom. The Hall–Kier alpha value is -1.27. The first-order chi connectivity index (χ1) is 8.93. The SMILES string of the molecule is CC1C(=O)NC(C(C)(C)C)C(=O)N1CCCC(F)(F)F. The molecule has 0 aromatic heterocycles. The molecule has 2 atom stereocenters. The summed E-state index contributed by atoms with van der Waals surface area (Å²) in [6.45, 7) is 6.89. The first-order valence-corrected chi connectivity index (χ1v) is 6.61. The van der Waals surface area contributed by atoms with Crippen molar-refractivity contribution in [3.8, 4) is 0 Å². The summed E-state index contributed by atoms with van der Waals surface area (Å²) < 4.78 is 36.5. The van der Waals surface area contributed by atoms with Gasteiger partial charge in [-0.2, -0.15) is 13.2 Å². The van der Waals surface area contributed by atoms with Gasteiger partial charge < -0.3 is 10.2 Å². The Morgan fingerprint density at radius 1 is 1.20 bits per heavy atom. The molecule has 0 saturated carbocycles. The van der Waals surface area contributed by atoms with Gasteiger partial charge in [0.05, 0.1) is 0 Å². The molecule has 2 unspecified atom stereocenters. The highest BCUT2D eigenvalue weighted by molar-refractivity contribution is 5.97. The van der Waals surface area contributed by atoms with Crippen LogP contribution in [-0.2, 0) is 9.59 Å². The van der Waals surface area contributed by atoms with E-state index in [9.17, 15) is 22.8 Å². The average Bonchev–Trinajstić information content (AvgIpc) is 2.25. The number of amides is 2. The van der Waals surface area contributed by atoms with Crippen molar-refractivity contribution in [3.63, 3.8) is 0 Å². The van der Waals surface area contributed by atoms with Crippen molar-refractivity contribution in [2.75, 3.05) is 6.54 Å². The number of carbonyl (C=O) groups excluding carboxylic acids is 2. The molecule has 1 saturated heterocycles. The fourth-order valence-corrected chi connectivity index (χ4v) is 2.16. The highest BCUT2D eigenvalue weighted by Crippen LogP contribution is 2.26. The third-order valence-corrected chi connectivity index (χ3v) is 3.39. The van der Waals surface area contributed by atoms with E-state index in [2.05, 4.69) is 5.32 Å². The van der Waals surface area contributed by atoms with E-state index in [0.29, 0.717) is 0 Å². The van der Waals surface area contributed by atoms with Gasteiger partial charge in [0, 0.05) is 13.0 Å². The predicted molar refractivity (Wildman–Crippen MR) is 67.8 cm³/mol. The van der Waals surface area contributed by atoms with Gasteiger partial charge in [0.15, 0.2) is 0 Å². The van der Waals surface area contributed by atoms with Crippen molar-refractivity contribution >= 4 is 11.8 Å². The second-order valence-electron chi connectivity index (χ2n) is 6.23. The minimum Gasteiger partial charge on any atom is -0.342 e. The molecular weight excluding hydrogens is 273 g/mol. The molecule has 0 aromatic rings. The molecule has 20 heavy (non-hydrogen) atoms. The highest BCUT2D eigenvalue weighted by atomic mass is 19.4. The molecule has 0 spiro atoms. The molecule has 1 rings (SSSR count). The Balaban J connectivity index is 2.76. The van der Waals surface area contributed by atoms with Crippen LogP contribution in [-0.4, -0.2) is 41.5 Å². The lowest BCUT2D eigenvalue weighted by Gasteiger charge is -2.42. The van der Waals surface area contributed by atoms with Gasteiger partial charge in [-0.3, -0.25) is 9.59 Å². The molecule has 1 N–H and O–H groups in total. The highest BCUT2D eigenvalue weighted by Gasteiger charge is 2.43. The lowest BCUT2D eigenvalue weighted by molar-refractivity contribution is -0.154. The molecular formula is C13H21F3N2O2. The molecule has 0 aromatic carbocycles. The maximum atomic E-state index is 12.3. The van der Waals surface area contributed by atoms with E-state index in [1.807, 2.05) is 0 Å². The third kappa shape index (κ3) is 4.11. The quantitative estimate of drug-likeness (QED) is 0.866. The van der Waals surface area contributed by atoms with E-state index in [0.717, 1.165) is 0 Å². The van der Waals surface area contributed by atoms with Gasteiger partial charge in [-0.15, -0.1) is 0 Å². The predicted octanol–water partition coefficient (Wildman–Crippen LogP) is 2.09. The minimum atomic E-state index is -4.24. The number of alkyl halides is 3. The van der Waals surface area contributed by atoms with Crippen LogP contribution < -0.4 is 5.32 Å². The summed E-state index contributed by atoms with van der Waals surface area (Å²) in [6, 6.07) is -1.42. The standard InChI is InChI=1S/C13H21F3N2O2/c1-8-10(19)17-9(12(2,3)4)11(20)18(8)7-5-6-13(14,15)16/h8-9H,5-7H2,1-4H3,(H,17,19). The second-order valence-corrected chi connectivity index (χ2v) is 6.23. The van der Waals surface area contributed by atoms with Gasteiger partial charge in [0.25, 0.3) is 0 Å². The van der Waals surface area contributed by atoms with E-state index in [1.54, 1.807) is 20.8 Å². The van der Waals surface area contributed by atoms with Crippen LogP contribution >= 0.6 is 0 Å². The summed E-state index contributed by atoms with van der Waals surface area (Å²) in [5, 5.41) is 2.64. The van der Waals surface area contributed by atoms with Gasteiger partial charge in [0.1, 0.15) is 12.1 Å². The van der Waals surface area contributed by atoms with Crippen LogP contribution in [0, 0.1) is 5.41 Å². The van der Waals surface area contributed by atoms with E-state index in [-0.39, 0.29) is 24.8 Å². The van der Waals surface area contributed by atoms with Crippen LogP contribution in [0.4, 0.5) is 13.2 Å². The minimum absolute atomic E-state index is 0.0560. The molecule has 1 fully saturated rings. The number of piperazine rings is 1. The van der Waals surface area contributed by atoms with Crippen molar-refractivity contribution in [3.05, 3.63) is 0 Å². The first kappa shape index (κ1) is 16.8. The van der Waals surface area contributed by atoms with E-state index in [1.165, 1.54) is 11.8 Å². The summed E-state index contributed by atoms with van der Waals surface area (Å²) in [5.41, 5.74) is -0.477. The smallest absolute Gasteiger partial charge is 0.342 e. The zero-order valence-electron chi connectivity index (χ0n) is 12.2. The average molecular weight is 294 g/mol. The fourth-order valence-electron chi connectivity index (χ4n) is 2.16. The zero-order valence-corrected chi connectivity index (χ0v) is 12.2. The number of nitrogens with zero attached hydrogens (tertiary/aromatic N) is 1. The third-order valence-electron chi connectivity index (χ3n) is 3.39. The van der Waals surface area contributed by atoms with E-state index >= 15 is 0 Å². The molecule has 1 heterocycles. The lowest BCUT2D eigenvalue weighted by Crippen LogP contribution is -2.65. The largest absolute Gasteiger partial charge is 0.389 e. The lowest BCUT2D eigenvalue weighted by atomic mass is 9.84. The number of hydrogen-bond donors (Lipinski definition) is 1. The molecule has 4 nitrogen and oxygen atoms in total. The molecule has 1 aliphatic heterocycles. The number of hydrogen-bond acceptors (Lipinski definition) is 2. The molecule has 1 aliphatic rings. The van der Waals surface area contributed by atoms with Crippen LogP contribution in [0.3, 0.4) is 0 Å². The van der Waals surface area contributed by atoms with E-state index < -0.39 is 30.1 Å². The van der Waals surface area contributed by atoms with Crippen molar-refractivity contribution in [2.45, 2.75) is 58.8 Å². The van der Waals surface area contributed by atoms with Gasteiger partial charge in [0.2, 0.25) is 11.8 Å². The van der Waals surface area contributed by atoms with Gasteiger partial charge in [-0.1, -0.05) is 20.8 Å². The summed E-state index contributed by atoms with van der Waals surface area (Å²) in [6.07, 6.45) is -5.39. The first-order valence-electron chi connectivity index (χ1n) is 6.61. The number of nitrogens with one attached hydrogen (secondary N) is 1. The van der Waals surface area contributed by atoms with Crippen molar-refractivity contribution in [1.82, 2.24) is 10.2 Å². The fraction of sp³-hybridized carbons (Fsp3) is 0.846. The molecule has 116 valence electrons. The Labute approximate surface area is 116 Å². The number of halogens is 3. The van der Waals surface area contributed by atoms with Crippen molar-refractivity contribution in [1.29, 1.82) is 0 Å². The summed E-state index contributed by atoms with van der Waals surface area (Å²) in [4.78, 5) is 25.4. The van der Waals surface area contributed by atoms with Crippen LogP contribution in [0.25, 0.3) is 0 Å². The van der Waals surface area contributed by atoms with Gasteiger partial charge >= 0.3 is 6.18 Å². The van der Waals surface area contributed by atoms with Crippen LogP contribution in [0.1, 0.15) is 40.5 Å². The molecule has 0 aliphatic carbocycles. The number of rotatable bonds is 3.